The summed E-state index contributed by atoms with van der Waals surface area (Å²) in [5, 5.41) is 0.196. The van der Waals surface area contributed by atoms with Gasteiger partial charge in [-0.3, -0.25) is 4.79 Å². The molecule has 2 atom stereocenters. The van der Waals surface area contributed by atoms with Crippen LogP contribution in [-0.4, -0.2) is 23.1 Å². The first-order valence-corrected chi connectivity index (χ1v) is 10.5. The summed E-state index contributed by atoms with van der Waals surface area (Å²) in [6, 6.07) is 8.89. The van der Waals surface area contributed by atoms with E-state index in [9.17, 15) is 4.79 Å². The van der Waals surface area contributed by atoms with E-state index in [1.54, 1.807) is 0 Å². The first-order chi connectivity index (χ1) is 11.4. The molecule has 0 bridgehead atoms. The van der Waals surface area contributed by atoms with Gasteiger partial charge in [0.25, 0.3) is 0 Å². The van der Waals surface area contributed by atoms with Gasteiger partial charge in [0.05, 0.1) is 0 Å². The molecule has 0 N–H and O–H groups in total. The third kappa shape index (κ3) is 4.56. The molecule has 1 aliphatic heterocycles. The second kappa shape index (κ2) is 8.42. The van der Waals surface area contributed by atoms with Gasteiger partial charge in [-0.25, -0.2) is 0 Å². The number of hydrogen-bond acceptors (Lipinski definition) is 2. The summed E-state index contributed by atoms with van der Waals surface area (Å²) >= 11 is 1.90. The molecule has 1 heterocycles. The molecular formula is C21H33NOS. The zero-order valence-electron chi connectivity index (χ0n) is 16.0. The zero-order chi connectivity index (χ0) is 17.7. The molecule has 24 heavy (non-hydrogen) atoms. The minimum Gasteiger partial charge on any atom is -0.325 e. The highest BCUT2D eigenvalue weighted by Crippen LogP contribution is 2.40. The van der Waals surface area contributed by atoms with Crippen LogP contribution >= 0.6 is 11.8 Å². The van der Waals surface area contributed by atoms with Crippen molar-refractivity contribution in [3.8, 4) is 0 Å². The second-order valence-corrected chi connectivity index (χ2v) is 9.06. The Labute approximate surface area is 152 Å². The summed E-state index contributed by atoms with van der Waals surface area (Å²) in [5.74, 6) is 1.60. The van der Waals surface area contributed by atoms with Crippen molar-refractivity contribution < 1.29 is 4.79 Å². The smallest absolute Gasteiger partial charge is 0.226 e. The normalized spacial score (nSPS) is 19.5. The molecule has 0 saturated carbocycles. The number of nitrogens with zero attached hydrogens (tertiary/aromatic N) is 1. The van der Waals surface area contributed by atoms with Gasteiger partial charge in [-0.05, 0) is 29.4 Å². The Morgan fingerprint density at radius 1 is 1.25 bits per heavy atom. The van der Waals surface area contributed by atoms with Crippen LogP contribution in [0.4, 0.5) is 0 Å². The standard InChI is InChI=1S/C21H33NOS/c1-6-8-9-16(7-2)19(23)22-14-15-24-20(22)17-10-12-18(13-11-17)21(3,4)5/h10-13,16,20H,6-9,14-15H2,1-5H3. The van der Waals surface area contributed by atoms with Crippen molar-refractivity contribution in [2.75, 3.05) is 12.3 Å². The number of rotatable bonds is 6. The lowest BCUT2D eigenvalue weighted by Gasteiger charge is -2.28. The summed E-state index contributed by atoms with van der Waals surface area (Å²) in [5.41, 5.74) is 2.79. The summed E-state index contributed by atoms with van der Waals surface area (Å²) in [6.07, 6.45) is 4.30. The first kappa shape index (κ1) is 19.4. The maximum atomic E-state index is 13.0. The number of amides is 1. The van der Waals surface area contributed by atoms with Crippen LogP contribution in [0.5, 0.6) is 0 Å². The summed E-state index contributed by atoms with van der Waals surface area (Å²) in [7, 11) is 0. The zero-order valence-corrected chi connectivity index (χ0v) is 16.8. The minimum atomic E-state index is 0.171. The van der Waals surface area contributed by atoms with Crippen LogP contribution in [-0.2, 0) is 10.2 Å². The largest absolute Gasteiger partial charge is 0.325 e. The second-order valence-electron chi connectivity index (χ2n) is 7.87. The minimum absolute atomic E-state index is 0.171. The monoisotopic (exact) mass is 347 g/mol. The Hall–Kier alpha value is -0.960. The van der Waals surface area contributed by atoms with Crippen molar-refractivity contribution in [1.29, 1.82) is 0 Å². The van der Waals surface area contributed by atoms with Crippen molar-refractivity contribution >= 4 is 17.7 Å². The van der Waals surface area contributed by atoms with Crippen LogP contribution in [0.15, 0.2) is 24.3 Å². The van der Waals surface area contributed by atoms with Crippen molar-refractivity contribution in [3.63, 3.8) is 0 Å². The van der Waals surface area contributed by atoms with Gasteiger partial charge in [-0.2, -0.15) is 0 Å². The fourth-order valence-electron chi connectivity index (χ4n) is 3.31. The third-order valence-corrected chi connectivity index (χ3v) is 6.24. The molecule has 0 aromatic heterocycles. The lowest BCUT2D eigenvalue weighted by Crippen LogP contribution is -2.35. The van der Waals surface area contributed by atoms with E-state index in [1.807, 2.05) is 11.8 Å². The van der Waals surface area contributed by atoms with E-state index in [4.69, 9.17) is 0 Å². The Bertz CT molecular complexity index is 532. The Kier molecular flexibility index (Phi) is 6.79. The lowest BCUT2D eigenvalue weighted by molar-refractivity contribution is -0.136. The molecule has 0 aliphatic carbocycles. The van der Waals surface area contributed by atoms with Crippen LogP contribution in [0, 0.1) is 5.92 Å². The number of unbranched alkanes of at least 4 members (excludes halogenated alkanes) is 1. The van der Waals surface area contributed by atoms with Gasteiger partial charge < -0.3 is 4.90 Å². The molecule has 2 nitrogen and oxygen atoms in total. The summed E-state index contributed by atoms with van der Waals surface area (Å²) in [6.45, 7) is 11.9. The molecule has 1 amide bonds. The maximum absolute atomic E-state index is 13.0. The van der Waals surface area contributed by atoms with Gasteiger partial charge in [0.1, 0.15) is 5.37 Å². The number of benzene rings is 1. The van der Waals surface area contributed by atoms with Crippen molar-refractivity contribution in [1.82, 2.24) is 4.90 Å². The molecule has 3 heteroatoms. The number of carbonyl (C=O) groups excluding carboxylic acids is 1. The molecule has 1 fully saturated rings. The van der Waals surface area contributed by atoms with Crippen LogP contribution in [0.1, 0.15) is 76.8 Å². The van der Waals surface area contributed by atoms with E-state index < -0.39 is 0 Å². The van der Waals surface area contributed by atoms with Crippen molar-refractivity contribution in [2.24, 2.45) is 5.92 Å². The van der Waals surface area contributed by atoms with Gasteiger partial charge in [0.15, 0.2) is 0 Å². The van der Waals surface area contributed by atoms with Crippen LogP contribution in [0.3, 0.4) is 0 Å². The summed E-state index contributed by atoms with van der Waals surface area (Å²) in [4.78, 5) is 15.1. The van der Waals surface area contributed by atoms with Gasteiger partial charge in [-0.15, -0.1) is 11.8 Å². The van der Waals surface area contributed by atoms with Gasteiger partial charge in [0, 0.05) is 18.2 Å². The molecule has 1 aromatic rings. The number of carbonyl (C=O) groups is 1. The average molecular weight is 348 g/mol. The highest BCUT2D eigenvalue weighted by Gasteiger charge is 2.33. The van der Waals surface area contributed by atoms with E-state index in [0.717, 1.165) is 38.0 Å². The molecule has 0 spiro atoms. The molecular weight excluding hydrogens is 314 g/mol. The molecule has 134 valence electrons. The predicted octanol–water partition coefficient (Wildman–Crippen LogP) is 5.77. The van der Waals surface area contributed by atoms with Crippen LogP contribution in [0.2, 0.25) is 0 Å². The average Bonchev–Trinajstić information content (AvgIpc) is 3.04. The number of hydrogen-bond donors (Lipinski definition) is 0. The Morgan fingerprint density at radius 2 is 1.92 bits per heavy atom. The quantitative estimate of drug-likeness (QED) is 0.650. The Morgan fingerprint density at radius 3 is 2.46 bits per heavy atom. The Balaban J connectivity index is 2.13. The van der Waals surface area contributed by atoms with Gasteiger partial charge in [-0.1, -0.05) is 71.7 Å². The van der Waals surface area contributed by atoms with E-state index in [-0.39, 0.29) is 16.7 Å². The molecule has 1 saturated heterocycles. The lowest BCUT2D eigenvalue weighted by atomic mass is 9.86. The van der Waals surface area contributed by atoms with E-state index in [0.29, 0.717) is 5.91 Å². The molecule has 1 aromatic carbocycles. The molecule has 1 aliphatic rings. The van der Waals surface area contributed by atoms with E-state index >= 15 is 0 Å². The molecule has 2 unspecified atom stereocenters. The molecule has 2 rings (SSSR count). The topological polar surface area (TPSA) is 20.3 Å². The predicted molar refractivity (Wildman–Crippen MR) is 105 cm³/mol. The highest BCUT2D eigenvalue weighted by molar-refractivity contribution is 7.99. The maximum Gasteiger partial charge on any atom is 0.226 e. The van der Waals surface area contributed by atoms with Crippen molar-refractivity contribution in [2.45, 2.75) is 71.1 Å². The number of thioether (sulfide) groups is 1. The highest BCUT2D eigenvalue weighted by atomic mass is 32.2. The van der Waals surface area contributed by atoms with Crippen LogP contribution < -0.4 is 0 Å². The van der Waals surface area contributed by atoms with E-state index in [2.05, 4.69) is 63.8 Å². The third-order valence-electron chi connectivity index (χ3n) is 4.98. The van der Waals surface area contributed by atoms with Crippen LogP contribution in [0.25, 0.3) is 0 Å². The summed E-state index contributed by atoms with van der Waals surface area (Å²) < 4.78 is 0. The van der Waals surface area contributed by atoms with E-state index in [1.165, 1.54) is 11.1 Å². The first-order valence-electron chi connectivity index (χ1n) is 9.41. The fourth-order valence-corrected chi connectivity index (χ4v) is 4.57. The SMILES string of the molecule is CCCCC(CC)C(=O)N1CCSC1c1ccc(C(C)(C)C)cc1. The van der Waals surface area contributed by atoms with Gasteiger partial charge in [0.2, 0.25) is 5.91 Å². The molecule has 0 radical (unpaired) electrons. The van der Waals surface area contributed by atoms with Crippen molar-refractivity contribution in [3.05, 3.63) is 35.4 Å². The fraction of sp³-hybridized carbons (Fsp3) is 0.667. The van der Waals surface area contributed by atoms with Gasteiger partial charge >= 0.3 is 0 Å².